The first kappa shape index (κ1) is 18.7. The number of nitrogens with one attached hydrogen (secondary N) is 1. The molecule has 0 bridgehead atoms. The second-order valence-corrected chi connectivity index (χ2v) is 8.90. The summed E-state index contributed by atoms with van der Waals surface area (Å²) in [7, 11) is 0. The van der Waals surface area contributed by atoms with E-state index in [1.54, 1.807) is 0 Å². The minimum atomic E-state index is 0.163. The molecule has 4 rings (SSSR count). The number of carbonyl (C=O) groups excluding carboxylic acids is 1. The van der Waals surface area contributed by atoms with Crippen LogP contribution >= 0.6 is 15.9 Å². The molecule has 0 aromatic heterocycles. The van der Waals surface area contributed by atoms with Crippen LogP contribution in [0.4, 0.5) is 0 Å². The zero-order valence-electron chi connectivity index (χ0n) is 15.8. The third kappa shape index (κ3) is 4.61. The van der Waals surface area contributed by atoms with E-state index in [1.807, 2.05) is 0 Å². The lowest BCUT2D eigenvalue weighted by molar-refractivity contribution is -0.123. The Hall–Kier alpha value is -1.65. The Balaban J connectivity index is 1.23. The molecule has 1 aliphatic heterocycles. The standard InChI is InChI=1S/C23H27BrN2O/c1-16-4-2-3-5-18(16)15-26-12-10-20(11-13-26)25-23(27)22-14-21(22)17-6-8-19(24)9-7-17/h2-9,20-22H,10-15H2,1H3,(H,25,27). The molecule has 0 spiro atoms. The molecule has 3 nitrogen and oxygen atoms in total. The quantitative estimate of drug-likeness (QED) is 0.754. The fourth-order valence-electron chi connectivity index (χ4n) is 4.14. The average molecular weight is 427 g/mol. The highest BCUT2D eigenvalue weighted by Crippen LogP contribution is 2.47. The zero-order valence-corrected chi connectivity index (χ0v) is 17.4. The van der Waals surface area contributed by atoms with Gasteiger partial charge in [-0.2, -0.15) is 0 Å². The van der Waals surface area contributed by atoms with E-state index in [0.29, 0.717) is 12.0 Å². The Bertz CT molecular complexity index is 796. The van der Waals surface area contributed by atoms with Crippen LogP contribution in [0.15, 0.2) is 53.0 Å². The Kier molecular flexibility index (Phi) is 5.65. The Morgan fingerprint density at radius 2 is 1.81 bits per heavy atom. The summed E-state index contributed by atoms with van der Waals surface area (Å²) in [5.41, 5.74) is 4.06. The number of benzene rings is 2. The second kappa shape index (κ2) is 8.15. The maximum Gasteiger partial charge on any atom is 0.223 e. The van der Waals surface area contributed by atoms with Gasteiger partial charge < -0.3 is 5.32 Å². The van der Waals surface area contributed by atoms with Crippen molar-refractivity contribution in [3.05, 3.63) is 69.7 Å². The largest absolute Gasteiger partial charge is 0.353 e. The Labute approximate surface area is 170 Å². The fraction of sp³-hybridized carbons (Fsp3) is 0.435. The highest BCUT2D eigenvalue weighted by molar-refractivity contribution is 9.10. The fourth-order valence-corrected chi connectivity index (χ4v) is 4.40. The maximum absolute atomic E-state index is 12.6. The predicted octanol–water partition coefficient (Wildman–Crippen LogP) is 4.64. The summed E-state index contributed by atoms with van der Waals surface area (Å²) >= 11 is 3.47. The van der Waals surface area contributed by atoms with Gasteiger partial charge in [-0.1, -0.05) is 52.3 Å². The lowest BCUT2D eigenvalue weighted by atomic mass is 10.0. The monoisotopic (exact) mass is 426 g/mol. The molecule has 1 N–H and O–H groups in total. The molecule has 2 atom stereocenters. The van der Waals surface area contributed by atoms with Gasteiger partial charge in [0.05, 0.1) is 0 Å². The van der Waals surface area contributed by atoms with Crippen molar-refractivity contribution >= 4 is 21.8 Å². The number of piperidine rings is 1. The van der Waals surface area contributed by atoms with Crippen molar-refractivity contribution in [2.75, 3.05) is 13.1 Å². The van der Waals surface area contributed by atoms with Gasteiger partial charge in [0.25, 0.3) is 0 Å². The molecule has 2 unspecified atom stereocenters. The number of aryl methyl sites for hydroxylation is 1. The van der Waals surface area contributed by atoms with Gasteiger partial charge in [-0.05, 0) is 60.9 Å². The molecule has 0 radical (unpaired) electrons. The van der Waals surface area contributed by atoms with Gasteiger partial charge in [0.2, 0.25) is 5.91 Å². The van der Waals surface area contributed by atoms with E-state index in [9.17, 15) is 4.79 Å². The van der Waals surface area contributed by atoms with E-state index in [1.165, 1.54) is 16.7 Å². The van der Waals surface area contributed by atoms with Crippen LogP contribution in [0.1, 0.15) is 41.9 Å². The molecule has 1 amide bonds. The van der Waals surface area contributed by atoms with Gasteiger partial charge in [0.1, 0.15) is 0 Å². The number of likely N-dealkylation sites (tertiary alicyclic amines) is 1. The van der Waals surface area contributed by atoms with Crippen LogP contribution in [0.5, 0.6) is 0 Å². The Morgan fingerprint density at radius 3 is 2.52 bits per heavy atom. The van der Waals surface area contributed by atoms with Crippen LogP contribution in [0.25, 0.3) is 0 Å². The highest BCUT2D eigenvalue weighted by Gasteiger charge is 2.44. The molecule has 1 heterocycles. The van der Waals surface area contributed by atoms with Crippen LogP contribution < -0.4 is 5.32 Å². The van der Waals surface area contributed by atoms with Crippen molar-refractivity contribution in [3.63, 3.8) is 0 Å². The maximum atomic E-state index is 12.6. The van der Waals surface area contributed by atoms with E-state index >= 15 is 0 Å². The zero-order chi connectivity index (χ0) is 18.8. The van der Waals surface area contributed by atoms with E-state index in [2.05, 4.69) is 81.6 Å². The van der Waals surface area contributed by atoms with Gasteiger partial charge in [-0.3, -0.25) is 9.69 Å². The molecule has 2 aromatic carbocycles. The van der Waals surface area contributed by atoms with Gasteiger partial charge >= 0.3 is 0 Å². The number of halogens is 1. The SMILES string of the molecule is Cc1ccccc1CN1CCC(NC(=O)C2CC2c2ccc(Br)cc2)CC1. The number of rotatable bonds is 5. The number of amides is 1. The molecule has 1 saturated carbocycles. The van der Waals surface area contributed by atoms with Crippen molar-refractivity contribution in [2.45, 2.75) is 44.7 Å². The molecule has 4 heteroatoms. The first-order valence-corrected chi connectivity index (χ1v) is 10.7. The normalized spacial score (nSPS) is 23.2. The Morgan fingerprint density at radius 1 is 1.11 bits per heavy atom. The molecule has 2 aliphatic rings. The van der Waals surface area contributed by atoms with E-state index in [4.69, 9.17) is 0 Å². The van der Waals surface area contributed by atoms with Gasteiger partial charge in [0.15, 0.2) is 0 Å². The van der Waals surface area contributed by atoms with Crippen LogP contribution in [-0.4, -0.2) is 29.9 Å². The van der Waals surface area contributed by atoms with Crippen molar-refractivity contribution in [1.29, 1.82) is 0 Å². The molecule has 2 aromatic rings. The second-order valence-electron chi connectivity index (χ2n) is 7.99. The molecule has 1 aliphatic carbocycles. The minimum Gasteiger partial charge on any atom is -0.353 e. The van der Waals surface area contributed by atoms with Crippen LogP contribution in [-0.2, 0) is 11.3 Å². The van der Waals surface area contributed by atoms with Crippen LogP contribution in [0, 0.1) is 12.8 Å². The summed E-state index contributed by atoms with van der Waals surface area (Å²) in [5, 5.41) is 3.31. The third-order valence-corrected chi connectivity index (χ3v) is 6.54. The summed E-state index contributed by atoms with van der Waals surface area (Å²) < 4.78 is 1.09. The summed E-state index contributed by atoms with van der Waals surface area (Å²) in [6.07, 6.45) is 3.08. The predicted molar refractivity (Wildman–Crippen MR) is 113 cm³/mol. The average Bonchev–Trinajstić information content (AvgIpc) is 3.47. The number of carbonyl (C=O) groups is 1. The van der Waals surface area contributed by atoms with E-state index < -0.39 is 0 Å². The first-order chi connectivity index (χ1) is 13.1. The highest BCUT2D eigenvalue weighted by atomic mass is 79.9. The van der Waals surface area contributed by atoms with Gasteiger partial charge in [-0.15, -0.1) is 0 Å². The molecule has 142 valence electrons. The van der Waals surface area contributed by atoms with Gasteiger partial charge in [0, 0.05) is 36.1 Å². The lowest BCUT2D eigenvalue weighted by Gasteiger charge is -2.32. The lowest BCUT2D eigenvalue weighted by Crippen LogP contribution is -2.45. The summed E-state index contributed by atoms with van der Waals surface area (Å²) in [5.74, 6) is 0.815. The smallest absolute Gasteiger partial charge is 0.223 e. The number of hydrogen-bond donors (Lipinski definition) is 1. The summed E-state index contributed by atoms with van der Waals surface area (Å²) in [6, 6.07) is 17.3. The van der Waals surface area contributed by atoms with Crippen molar-refractivity contribution < 1.29 is 4.79 Å². The topological polar surface area (TPSA) is 32.3 Å². The number of hydrogen-bond acceptors (Lipinski definition) is 2. The summed E-state index contributed by atoms with van der Waals surface area (Å²) in [4.78, 5) is 15.1. The molecule has 2 fully saturated rings. The summed E-state index contributed by atoms with van der Waals surface area (Å²) in [6.45, 7) is 5.31. The molecular weight excluding hydrogens is 400 g/mol. The number of nitrogens with zero attached hydrogens (tertiary/aromatic N) is 1. The van der Waals surface area contributed by atoms with Crippen LogP contribution in [0.2, 0.25) is 0 Å². The third-order valence-electron chi connectivity index (χ3n) is 6.01. The molecule has 1 saturated heterocycles. The van der Waals surface area contributed by atoms with Crippen molar-refractivity contribution in [3.8, 4) is 0 Å². The van der Waals surface area contributed by atoms with E-state index in [-0.39, 0.29) is 11.8 Å². The molecule has 27 heavy (non-hydrogen) atoms. The van der Waals surface area contributed by atoms with Crippen molar-refractivity contribution in [1.82, 2.24) is 10.2 Å². The van der Waals surface area contributed by atoms with Crippen LogP contribution in [0.3, 0.4) is 0 Å². The first-order valence-electron chi connectivity index (χ1n) is 9.93. The molecular formula is C23H27BrN2O. The van der Waals surface area contributed by atoms with Gasteiger partial charge in [-0.25, -0.2) is 0 Å². The van der Waals surface area contributed by atoms with E-state index in [0.717, 1.165) is 43.4 Å². The minimum absolute atomic E-state index is 0.163. The van der Waals surface area contributed by atoms with Crippen molar-refractivity contribution in [2.24, 2.45) is 5.92 Å².